The van der Waals surface area contributed by atoms with Gasteiger partial charge in [0.1, 0.15) is 5.60 Å². The Balaban J connectivity index is 2.32. The topological polar surface area (TPSA) is 83.6 Å². The molecule has 7 nitrogen and oxygen atoms in total. The van der Waals surface area contributed by atoms with E-state index in [1.807, 2.05) is 12.1 Å². The van der Waals surface area contributed by atoms with Crippen LogP contribution in [0.1, 0.15) is 58.7 Å². The molecule has 2 N–H and O–H groups in total. The normalized spacial score (nSPS) is 11.5. The van der Waals surface area contributed by atoms with Crippen LogP contribution in [0.15, 0.2) is 18.3 Å². The maximum Gasteiger partial charge on any atom is 0.397 e. The quantitative estimate of drug-likeness (QED) is 0.341. The highest BCUT2D eigenvalue weighted by Crippen LogP contribution is 2.07. The minimum Gasteiger partial charge on any atom is -0.453 e. The maximum absolute atomic E-state index is 11.8. The summed E-state index contributed by atoms with van der Waals surface area (Å²) in [5.74, 6) is -1.60. The molecule has 0 saturated heterocycles. The van der Waals surface area contributed by atoms with Crippen molar-refractivity contribution in [3.05, 3.63) is 29.6 Å². The summed E-state index contributed by atoms with van der Waals surface area (Å²) in [6.07, 6.45) is 4.02. The van der Waals surface area contributed by atoms with Crippen molar-refractivity contribution in [3.63, 3.8) is 0 Å². The maximum atomic E-state index is 11.8. The first-order valence-electron chi connectivity index (χ1n) is 10.1. The number of amides is 1. The van der Waals surface area contributed by atoms with E-state index in [-0.39, 0.29) is 6.54 Å². The number of hydrogen-bond donors (Lipinski definition) is 2. The minimum atomic E-state index is -0.867. The van der Waals surface area contributed by atoms with E-state index < -0.39 is 17.5 Å². The van der Waals surface area contributed by atoms with Crippen LogP contribution in [-0.2, 0) is 27.4 Å². The number of nitrogens with one attached hydrogen (secondary N) is 2. The highest BCUT2D eigenvalue weighted by atomic mass is 16.6. The average Bonchev–Trinajstić information content (AvgIpc) is 2.64. The van der Waals surface area contributed by atoms with Crippen LogP contribution in [0.5, 0.6) is 0 Å². The van der Waals surface area contributed by atoms with Crippen molar-refractivity contribution in [3.8, 4) is 0 Å². The van der Waals surface area contributed by atoms with Gasteiger partial charge in [-0.3, -0.25) is 9.78 Å². The number of rotatable bonds is 11. The fourth-order valence-electron chi connectivity index (χ4n) is 2.66. The lowest BCUT2D eigenvalue weighted by Crippen LogP contribution is -2.36. The van der Waals surface area contributed by atoms with Crippen LogP contribution in [0.4, 0.5) is 0 Å². The first-order valence-corrected chi connectivity index (χ1v) is 10.1. The SMILES string of the molecule is CCN(CC)CCCCNCc1cc(CNC(=O)C(=O)OC(C)(C)C)ccn1. The van der Waals surface area contributed by atoms with Crippen molar-refractivity contribution in [1.29, 1.82) is 0 Å². The number of pyridine rings is 1. The fourth-order valence-corrected chi connectivity index (χ4v) is 2.66. The van der Waals surface area contributed by atoms with Crippen molar-refractivity contribution < 1.29 is 14.3 Å². The van der Waals surface area contributed by atoms with Gasteiger partial charge < -0.3 is 20.3 Å². The number of carbonyl (C=O) groups excluding carboxylic acids is 2. The Kier molecular flexibility index (Phi) is 10.7. The molecule has 28 heavy (non-hydrogen) atoms. The number of ether oxygens (including phenoxy) is 1. The van der Waals surface area contributed by atoms with E-state index in [9.17, 15) is 9.59 Å². The van der Waals surface area contributed by atoms with Crippen molar-refractivity contribution in [1.82, 2.24) is 20.5 Å². The highest BCUT2D eigenvalue weighted by Gasteiger charge is 2.22. The molecule has 0 aromatic carbocycles. The standard InChI is InChI=1S/C21H36N4O3/c1-6-25(7-2)13-9-8-11-22-16-18-14-17(10-12-23-18)15-24-19(26)20(27)28-21(3,4)5/h10,12,14,22H,6-9,11,13,15-16H2,1-5H3,(H,24,26). The van der Waals surface area contributed by atoms with Gasteiger partial charge in [0.25, 0.3) is 0 Å². The second-order valence-corrected chi connectivity index (χ2v) is 7.75. The van der Waals surface area contributed by atoms with E-state index in [1.165, 1.54) is 6.42 Å². The monoisotopic (exact) mass is 392 g/mol. The lowest BCUT2D eigenvalue weighted by atomic mass is 10.2. The third-order valence-electron chi connectivity index (χ3n) is 4.20. The molecular weight excluding hydrogens is 356 g/mol. The van der Waals surface area contributed by atoms with Gasteiger partial charge in [0, 0.05) is 19.3 Å². The summed E-state index contributed by atoms with van der Waals surface area (Å²) in [6, 6.07) is 3.75. The van der Waals surface area contributed by atoms with E-state index in [2.05, 4.69) is 34.4 Å². The summed E-state index contributed by atoms with van der Waals surface area (Å²) < 4.78 is 5.05. The van der Waals surface area contributed by atoms with Gasteiger partial charge in [-0.05, 0) is 77.5 Å². The molecule has 0 unspecified atom stereocenters. The number of hydrogen-bond acceptors (Lipinski definition) is 6. The van der Waals surface area contributed by atoms with Crippen molar-refractivity contribution in [2.75, 3.05) is 26.2 Å². The van der Waals surface area contributed by atoms with Crippen LogP contribution < -0.4 is 10.6 Å². The molecule has 1 heterocycles. The van der Waals surface area contributed by atoms with Crippen LogP contribution in [0.2, 0.25) is 0 Å². The first-order chi connectivity index (χ1) is 13.2. The third-order valence-corrected chi connectivity index (χ3v) is 4.20. The summed E-state index contributed by atoms with van der Waals surface area (Å²) in [5, 5.41) is 5.99. The molecule has 0 fully saturated rings. The lowest BCUT2D eigenvalue weighted by Gasteiger charge is -2.18. The van der Waals surface area contributed by atoms with E-state index in [0.29, 0.717) is 6.54 Å². The summed E-state index contributed by atoms with van der Waals surface area (Å²) in [7, 11) is 0. The second kappa shape index (κ2) is 12.5. The smallest absolute Gasteiger partial charge is 0.397 e. The molecule has 1 aromatic heterocycles. The first kappa shape index (κ1) is 24.0. The Morgan fingerprint density at radius 1 is 1.14 bits per heavy atom. The van der Waals surface area contributed by atoms with E-state index >= 15 is 0 Å². The minimum absolute atomic E-state index is 0.261. The van der Waals surface area contributed by atoms with E-state index in [1.54, 1.807) is 27.0 Å². The fraction of sp³-hybridized carbons (Fsp3) is 0.667. The number of aromatic nitrogens is 1. The van der Waals surface area contributed by atoms with Gasteiger partial charge in [0.05, 0.1) is 5.69 Å². The zero-order valence-corrected chi connectivity index (χ0v) is 18.0. The van der Waals surface area contributed by atoms with Gasteiger partial charge in [-0.1, -0.05) is 13.8 Å². The Morgan fingerprint density at radius 2 is 1.86 bits per heavy atom. The number of unbranched alkanes of at least 4 members (excludes halogenated alkanes) is 1. The van der Waals surface area contributed by atoms with Gasteiger partial charge in [0.2, 0.25) is 0 Å². The average molecular weight is 393 g/mol. The summed E-state index contributed by atoms with van der Waals surface area (Å²) in [4.78, 5) is 30.3. The van der Waals surface area contributed by atoms with Gasteiger partial charge in [0.15, 0.2) is 0 Å². The second-order valence-electron chi connectivity index (χ2n) is 7.75. The molecule has 0 atom stereocenters. The van der Waals surface area contributed by atoms with Crippen LogP contribution >= 0.6 is 0 Å². The summed E-state index contributed by atoms with van der Waals surface area (Å²) >= 11 is 0. The third kappa shape index (κ3) is 10.4. The lowest BCUT2D eigenvalue weighted by molar-refractivity contribution is -0.163. The van der Waals surface area contributed by atoms with Crippen LogP contribution in [0, 0.1) is 0 Å². The molecule has 0 spiro atoms. The number of carbonyl (C=O) groups is 2. The largest absolute Gasteiger partial charge is 0.453 e. The van der Waals surface area contributed by atoms with Crippen molar-refractivity contribution in [2.45, 2.75) is 66.2 Å². The molecule has 7 heteroatoms. The van der Waals surface area contributed by atoms with Crippen LogP contribution in [0.3, 0.4) is 0 Å². The van der Waals surface area contributed by atoms with E-state index in [4.69, 9.17) is 4.74 Å². The summed E-state index contributed by atoms with van der Waals surface area (Å²) in [6.45, 7) is 14.8. The predicted molar refractivity (Wildman–Crippen MR) is 111 cm³/mol. The van der Waals surface area contributed by atoms with Crippen molar-refractivity contribution >= 4 is 11.9 Å². The molecular formula is C21H36N4O3. The molecule has 1 rings (SSSR count). The van der Waals surface area contributed by atoms with Gasteiger partial charge in [-0.25, -0.2) is 4.79 Å². The van der Waals surface area contributed by atoms with Gasteiger partial charge >= 0.3 is 11.9 Å². The molecule has 0 saturated carbocycles. The zero-order chi connectivity index (χ0) is 21.0. The Morgan fingerprint density at radius 3 is 2.50 bits per heavy atom. The molecule has 0 aliphatic heterocycles. The van der Waals surface area contributed by atoms with Gasteiger partial charge in [-0.15, -0.1) is 0 Å². The Labute approximate surface area is 169 Å². The number of esters is 1. The predicted octanol–water partition coefficient (Wildman–Crippen LogP) is 2.25. The van der Waals surface area contributed by atoms with Crippen LogP contribution in [0.25, 0.3) is 0 Å². The molecule has 0 aliphatic carbocycles. The Bertz CT molecular complexity index is 610. The summed E-state index contributed by atoms with van der Waals surface area (Å²) in [5.41, 5.74) is 1.12. The molecule has 0 bridgehead atoms. The zero-order valence-electron chi connectivity index (χ0n) is 18.0. The van der Waals surface area contributed by atoms with Crippen molar-refractivity contribution in [2.24, 2.45) is 0 Å². The van der Waals surface area contributed by atoms with E-state index in [0.717, 1.165) is 43.9 Å². The molecule has 1 aromatic rings. The molecule has 1 amide bonds. The van der Waals surface area contributed by atoms with Crippen LogP contribution in [-0.4, -0.2) is 53.5 Å². The molecule has 0 aliphatic rings. The van der Waals surface area contributed by atoms with Gasteiger partial charge in [-0.2, -0.15) is 0 Å². The Hall–Kier alpha value is -1.99. The molecule has 158 valence electrons. The molecule has 0 radical (unpaired) electrons. The number of nitrogens with zero attached hydrogens (tertiary/aromatic N) is 2. The highest BCUT2D eigenvalue weighted by molar-refractivity contribution is 6.32.